The number of rotatable bonds is 7. The lowest BCUT2D eigenvalue weighted by atomic mass is 10.2. The molecule has 0 atom stereocenters. The molecule has 2 rings (SSSR count). The third-order valence-corrected chi connectivity index (χ3v) is 4.58. The van der Waals surface area contributed by atoms with Crippen LogP contribution in [-0.2, 0) is 19.4 Å². The maximum Gasteiger partial charge on any atom is 0.355 e. The SMILES string of the molecule is CS(=O)(=O)C(=CCC(N)=O)C(=Nc1c(C(=O)O)cc2ccccn12)C(=O)O. The number of sulfone groups is 1. The third-order valence-electron chi connectivity index (χ3n) is 3.42. The maximum absolute atomic E-state index is 12.0. The Hall–Kier alpha value is -3.47. The van der Waals surface area contributed by atoms with E-state index in [2.05, 4.69) is 4.99 Å². The number of carbonyl (C=O) groups excluding carboxylic acids is 1. The summed E-state index contributed by atoms with van der Waals surface area (Å²) in [6.07, 6.45) is 2.50. The number of hydrogen-bond donors (Lipinski definition) is 3. The van der Waals surface area contributed by atoms with E-state index >= 15 is 0 Å². The number of hydrogen-bond acceptors (Lipinski definition) is 6. The molecule has 2 heterocycles. The van der Waals surface area contributed by atoms with Crippen molar-refractivity contribution in [2.24, 2.45) is 10.7 Å². The predicted octanol–water partition coefficient (Wildman–Crippen LogP) is 0.598. The van der Waals surface area contributed by atoms with Crippen LogP contribution in [0.2, 0.25) is 0 Å². The zero-order valence-corrected chi connectivity index (χ0v) is 14.8. The number of aromatic carboxylic acids is 1. The van der Waals surface area contributed by atoms with E-state index < -0.39 is 44.7 Å². The molecule has 10 nitrogen and oxygen atoms in total. The summed E-state index contributed by atoms with van der Waals surface area (Å²) in [6.45, 7) is 0. The molecule has 4 N–H and O–H groups in total. The highest BCUT2D eigenvalue weighted by Crippen LogP contribution is 2.26. The van der Waals surface area contributed by atoms with Gasteiger partial charge in [0.25, 0.3) is 0 Å². The molecule has 0 fully saturated rings. The highest BCUT2D eigenvalue weighted by atomic mass is 32.2. The summed E-state index contributed by atoms with van der Waals surface area (Å²) < 4.78 is 25.3. The van der Waals surface area contributed by atoms with Crippen molar-refractivity contribution in [3.63, 3.8) is 0 Å². The molecule has 27 heavy (non-hydrogen) atoms. The van der Waals surface area contributed by atoms with Crippen molar-refractivity contribution >= 4 is 44.7 Å². The number of aromatic nitrogens is 1. The van der Waals surface area contributed by atoms with Crippen LogP contribution < -0.4 is 5.73 Å². The minimum atomic E-state index is -4.11. The number of nitrogens with two attached hydrogens (primary N) is 1. The molecule has 2 aromatic rings. The molecule has 0 aliphatic rings. The number of fused-ring (bicyclic) bond motifs is 1. The molecule has 1 amide bonds. The second kappa shape index (κ2) is 7.41. The van der Waals surface area contributed by atoms with Crippen molar-refractivity contribution < 1.29 is 33.0 Å². The van der Waals surface area contributed by atoms with E-state index in [0.29, 0.717) is 5.52 Å². The Balaban J connectivity index is 2.82. The van der Waals surface area contributed by atoms with Crippen LogP contribution in [0.1, 0.15) is 16.8 Å². The van der Waals surface area contributed by atoms with Gasteiger partial charge >= 0.3 is 11.9 Å². The molecular weight excluding hydrogens is 378 g/mol. The average Bonchev–Trinajstić information content (AvgIpc) is 2.91. The number of carboxylic acid groups (broad SMARTS) is 2. The van der Waals surface area contributed by atoms with Crippen LogP contribution in [-0.4, -0.2) is 52.8 Å². The Morgan fingerprint density at radius 2 is 1.93 bits per heavy atom. The molecule has 0 bridgehead atoms. The van der Waals surface area contributed by atoms with Crippen molar-refractivity contribution in [2.45, 2.75) is 6.42 Å². The number of aliphatic imine (C=N–C) groups is 1. The summed E-state index contributed by atoms with van der Waals surface area (Å²) in [6, 6.07) is 6.06. The van der Waals surface area contributed by atoms with Gasteiger partial charge in [0, 0.05) is 24.4 Å². The smallest absolute Gasteiger partial charge is 0.355 e. The third kappa shape index (κ3) is 4.39. The van der Waals surface area contributed by atoms with Crippen molar-refractivity contribution in [2.75, 3.05) is 6.26 Å². The van der Waals surface area contributed by atoms with Gasteiger partial charge in [-0.25, -0.2) is 23.0 Å². The number of carbonyl (C=O) groups is 3. The lowest BCUT2D eigenvalue weighted by Crippen LogP contribution is -2.22. The van der Waals surface area contributed by atoms with Crippen LogP contribution >= 0.6 is 0 Å². The van der Waals surface area contributed by atoms with Crippen molar-refractivity contribution in [1.82, 2.24) is 4.40 Å². The zero-order chi connectivity index (χ0) is 20.4. The summed E-state index contributed by atoms with van der Waals surface area (Å²) in [5.74, 6) is -4.23. The minimum Gasteiger partial charge on any atom is -0.478 e. The molecule has 0 saturated carbocycles. The van der Waals surface area contributed by atoms with Crippen LogP contribution in [0.3, 0.4) is 0 Å². The first-order valence-corrected chi connectivity index (χ1v) is 9.25. The van der Waals surface area contributed by atoms with E-state index in [-0.39, 0.29) is 11.4 Å². The fourth-order valence-corrected chi connectivity index (χ4v) is 3.18. The number of nitrogens with zero attached hydrogens (tertiary/aromatic N) is 2. The maximum atomic E-state index is 12.0. The van der Waals surface area contributed by atoms with Gasteiger partial charge in [-0.1, -0.05) is 12.1 Å². The highest BCUT2D eigenvalue weighted by molar-refractivity contribution is 7.95. The van der Waals surface area contributed by atoms with E-state index in [9.17, 15) is 33.0 Å². The molecule has 2 aromatic heterocycles. The van der Waals surface area contributed by atoms with Gasteiger partial charge in [0.05, 0.1) is 4.91 Å². The van der Waals surface area contributed by atoms with E-state index in [1.54, 1.807) is 18.2 Å². The second-order valence-electron chi connectivity index (χ2n) is 5.46. The van der Waals surface area contributed by atoms with Crippen LogP contribution in [0.15, 0.2) is 46.4 Å². The summed E-state index contributed by atoms with van der Waals surface area (Å²) in [7, 11) is -4.11. The molecule has 0 spiro atoms. The van der Waals surface area contributed by atoms with Crippen LogP contribution in [0, 0.1) is 0 Å². The fraction of sp³-hybridized carbons (Fsp3) is 0.125. The Labute approximate surface area is 153 Å². The lowest BCUT2D eigenvalue weighted by molar-refractivity contribution is -0.129. The fourth-order valence-electron chi connectivity index (χ4n) is 2.31. The van der Waals surface area contributed by atoms with Crippen molar-refractivity contribution in [3.8, 4) is 0 Å². The van der Waals surface area contributed by atoms with Gasteiger partial charge in [0.15, 0.2) is 21.4 Å². The summed E-state index contributed by atoms with van der Waals surface area (Å²) in [4.78, 5) is 37.2. The van der Waals surface area contributed by atoms with Gasteiger partial charge in [-0.05, 0) is 18.2 Å². The molecule has 0 unspecified atom stereocenters. The summed E-state index contributed by atoms with van der Waals surface area (Å²) in [5, 5.41) is 18.8. The number of pyridine rings is 1. The number of aliphatic carboxylic acids is 1. The quantitative estimate of drug-likeness (QED) is 0.578. The topological polar surface area (TPSA) is 169 Å². The molecular formula is C16H15N3O7S. The normalized spacial score (nSPS) is 12.9. The van der Waals surface area contributed by atoms with Crippen LogP contribution in [0.5, 0.6) is 0 Å². The Morgan fingerprint density at radius 1 is 1.26 bits per heavy atom. The van der Waals surface area contributed by atoms with Crippen LogP contribution in [0.4, 0.5) is 5.82 Å². The molecule has 0 aromatic carbocycles. The van der Waals surface area contributed by atoms with Gasteiger partial charge in [-0.15, -0.1) is 0 Å². The molecule has 0 saturated heterocycles. The minimum absolute atomic E-state index is 0.274. The first-order chi connectivity index (χ1) is 12.5. The summed E-state index contributed by atoms with van der Waals surface area (Å²) >= 11 is 0. The van der Waals surface area contributed by atoms with Crippen LogP contribution in [0.25, 0.3) is 5.52 Å². The number of primary amides is 1. The number of amides is 1. The van der Waals surface area contributed by atoms with Gasteiger partial charge in [0.1, 0.15) is 5.56 Å². The lowest BCUT2D eigenvalue weighted by Gasteiger charge is -2.07. The first kappa shape index (κ1) is 19.8. The van der Waals surface area contributed by atoms with E-state index in [1.165, 1.54) is 16.7 Å². The van der Waals surface area contributed by atoms with E-state index in [1.807, 2.05) is 0 Å². The average molecular weight is 393 g/mol. The predicted molar refractivity (Wildman–Crippen MR) is 95.8 cm³/mol. The molecule has 0 radical (unpaired) electrons. The van der Waals surface area contributed by atoms with Gasteiger partial charge < -0.3 is 20.3 Å². The standard InChI is InChI=1S/C16H15N3O7S/c1-27(25,26)11(5-6-12(17)20)13(16(23)24)18-14-10(15(21)22)8-9-4-2-3-7-19(9)14/h2-5,7-8H,6H2,1H3,(H2,17,20)(H,21,22)(H,23,24). The zero-order valence-electron chi connectivity index (χ0n) is 14.0. The Bertz CT molecular complexity index is 1110. The van der Waals surface area contributed by atoms with Gasteiger partial charge in [-0.2, -0.15) is 0 Å². The van der Waals surface area contributed by atoms with Crippen molar-refractivity contribution in [1.29, 1.82) is 0 Å². The highest BCUT2D eigenvalue weighted by Gasteiger charge is 2.26. The first-order valence-electron chi connectivity index (χ1n) is 7.36. The largest absolute Gasteiger partial charge is 0.478 e. The molecule has 0 aliphatic carbocycles. The second-order valence-corrected chi connectivity index (χ2v) is 7.44. The van der Waals surface area contributed by atoms with Gasteiger partial charge in [0.2, 0.25) is 5.91 Å². The van der Waals surface area contributed by atoms with Crippen molar-refractivity contribution in [3.05, 3.63) is 47.0 Å². The van der Waals surface area contributed by atoms with E-state index in [4.69, 9.17) is 5.73 Å². The molecule has 11 heteroatoms. The summed E-state index contributed by atoms with van der Waals surface area (Å²) in [5.41, 5.74) is 4.16. The molecule has 0 aliphatic heterocycles. The Morgan fingerprint density at radius 3 is 2.44 bits per heavy atom. The Kier molecular flexibility index (Phi) is 5.45. The number of carboxylic acids is 2. The monoisotopic (exact) mass is 393 g/mol. The molecule has 142 valence electrons. The van der Waals surface area contributed by atoms with E-state index in [0.717, 1.165) is 12.3 Å². The van der Waals surface area contributed by atoms with Gasteiger partial charge in [-0.3, -0.25) is 4.79 Å².